The van der Waals surface area contributed by atoms with E-state index in [2.05, 4.69) is 11.9 Å². The number of amides is 2. The third-order valence-corrected chi connectivity index (χ3v) is 6.31. The summed E-state index contributed by atoms with van der Waals surface area (Å²) in [6, 6.07) is 3.34. The highest BCUT2D eigenvalue weighted by Crippen LogP contribution is 2.39. The third kappa shape index (κ3) is 5.89. The molecule has 7 nitrogen and oxygen atoms in total. The number of allylic oxidation sites excluding steroid dienone is 3. The Morgan fingerprint density at radius 2 is 1.65 bits per heavy atom. The van der Waals surface area contributed by atoms with Crippen molar-refractivity contribution < 1.29 is 23.5 Å². The minimum absolute atomic E-state index is 0.00929. The molecule has 34 heavy (non-hydrogen) atoms. The van der Waals surface area contributed by atoms with E-state index in [9.17, 15) is 23.5 Å². The van der Waals surface area contributed by atoms with Crippen LogP contribution in [0.1, 0.15) is 43.6 Å². The molecule has 2 aromatic rings. The molecule has 0 saturated carbocycles. The molecule has 1 heterocycles. The molecule has 0 spiro atoms. The van der Waals surface area contributed by atoms with Crippen molar-refractivity contribution in [1.29, 1.82) is 0 Å². The molecule has 2 amide bonds. The molecule has 2 rings (SSSR count). The molecular formula is C24H28F2N4O3S. The molecule has 0 aliphatic rings. The maximum Gasteiger partial charge on any atom is 0.251 e. The quantitative estimate of drug-likeness (QED) is 0.339. The summed E-state index contributed by atoms with van der Waals surface area (Å²) >= 11 is 0.881. The molecule has 0 aliphatic carbocycles. The summed E-state index contributed by atoms with van der Waals surface area (Å²) in [5.41, 5.74) is 14.5. The number of primary amides is 2. The van der Waals surface area contributed by atoms with Gasteiger partial charge in [0.15, 0.2) is 0 Å². The van der Waals surface area contributed by atoms with Crippen LogP contribution >= 0.6 is 11.3 Å². The number of aliphatic hydroxyl groups is 1. The zero-order valence-electron chi connectivity index (χ0n) is 19.3. The minimum Gasteiger partial charge on any atom is -0.386 e. The minimum atomic E-state index is -1.44. The SMILES string of the molecule is C=C(/C=C\C=C(/N)Nc1sc(-c2c(F)cc(C(C)(C)O)cc2F)cc1C(N)=O)C(C)(C)C(N)=O. The number of hydrogen-bond acceptors (Lipinski definition) is 6. The van der Waals surface area contributed by atoms with Gasteiger partial charge in [0.25, 0.3) is 5.91 Å². The first-order valence-electron chi connectivity index (χ1n) is 10.1. The Morgan fingerprint density at radius 3 is 2.12 bits per heavy atom. The molecule has 0 fully saturated rings. The summed E-state index contributed by atoms with van der Waals surface area (Å²) in [4.78, 5) is 23.5. The average Bonchev–Trinajstić information content (AvgIpc) is 3.09. The summed E-state index contributed by atoms with van der Waals surface area (Å²) in [5, 5.41) is 13.0. The Hall–Kier alpha value is -3.50. The highest BCUT2D eigenvalue weighted by Gasteiger charge is 2.27. The van der Waals surface area contributed by atoms with Crippen molar-refractivity contribution in [3.63, 3.8) is 0 Å². The van der Waals surface area contributed by atoms with Gasteiger partial charge in [-0.3, -0.25) is 9.59 Å². The number of nitrogens with one attached hydrogen (secondary N) is 1. The van der Waals surface area contributed by atoms with Crippen molar-refractivity contribution in [3.05, 3.63) is 77.2 Å². The second kappa shape index (κ2) is 9.78. The van der Waals surface area contributed by atoms with Gasteiger partial charge in [0.1, 0.15) is 22.5 Å². The summed E-state index contributed by atoms with van der Waals surface area (Å²) in [5.74, 6) is -3.07. The molecule has 0 bridgehead atoms. The van der Waals surface area contributed by atoms with Gasteiger partial charge in [-0.25, -0.2) is 8.78 Å². The summed E-state index contributed by atoms with van der Waals surface area (Å²) in [7, 11) is 0. The van der Waals surface area contributed by atoms with E-state index in [4.69, 9.17) is 17.2 Å². The van der Waals surface area contributed by atoms with Crippen LogP contribution in [-0.2, 0) is 10.4 Å². The maximum absolute atomic E-state index is 14.8. The van der Waals surface area contributed by atoms with Crippen LogP contribution < -0.4 is 22.5 Å². The van der Waals surface area contributed by atoms with Crippen LogP contribution in [0.25, 0.3) is 10.4 Å². The van der Waals surface area contributed by atoms with E-state index in [1.165, 1.54) is 32.1 Å². The molecular weight excluding hydrogens is 462 g/mol. The van der Waals surface area contributed by atoms with Crippen molar-refractivity contribution in [2.45, 2.75) is 33.3 Å². The Kier molecular flexibility index (Phi) is 7.69. The number of thiophene rings is 1. The fourth-order valence-electron chi connectivity index (χ4n) is 2.76. The number of anilines is 1. The predicted molar refractivity (Wildman–Crippen MR) is 131 cm³/mol. The van der Waals surface area contributed by atoms with Gasteiger partial charge in [0, 0.05) is 4.88 Å². The molecule has 0 atom stereocenters. The van der Waals surface area contributed by atoms with E-state index in [-0.39, 0.29) is 32.4 Å². The van der Waals surface area contributed by atoms with Gasteiger partial charge < -0.3 is 27.6 Å². The molecule has 1 aromatic heterocycles. The van der Waals surface area contributed by atoms with Crippen LogP contribution in [0, 0.1) is 17.0 Å². The summed E-state index contributed by atoms with van der Waals surface area (Å²) < 4.78 is 29.5. The first kappa shape index (κ1) is 26.7. The number of halogens is 2. The van der Waals surface area contributed by atoms with Crippen LogP contribution in [0.15, 0.2) is 54.4 Å². The number of benzene rings is 1. The van der Waals surface area contributed by atoms with Crippen molar-refractivity contribution >= 4 is 28.2 Å². The first-order chi connectivity index (χ1) is 15.6. The van der Waals surface area contributed by atoms with Crippen LogP contribution in [0.2, 0.25) is 0 Å². The lowest BCUT2D eigenvalue weighted by Crippen LogP contribution is -2.32. The van der Waals surface area contributed by atoms with Gasteiger partial charge in [-0.15, -0.1) is 11.3 Å². The molecule has 0 unspecified atom stereocenters. The van der Waals surface area contributed by atoms with Gasteiger partial charge in [-0.1, -0.05) is 18.7 Å². The van der Waals surface area contributed by atoms with Gasteiger partial charge in [0.05, 0.1) is 22.1 Å². The zero-order chi connectivity index (χ0) is 26.0. The fraction of sp³-hybridized carbons (Fsp3) is 0.250. The highest BCUT2D eigenvalue weighted by atomic mass is 32.1. The monoisotopic (exact) mass is 490 g/mol. The van der Waals surface area contributed by atoms with E-state index in [1.54, 1.807) is 19.9 Å². The number of carbonyl (C=O) groups excluding carboxylic acids is 2. The number of nitrogens with two attached hydrogens (primary N) is 3. The van der Waals surface area contributed by atoms with Gasteiger partial charge in [-0.2, -0.15) is 0 Å². The largest absolute Gasteiger partial charge is 0.386 e. The van der Waals surface area contributed by atoms with Crippen LogP contribution in [-0.4, -0.2) is 16.9 Å². The van der Waals surface area contributed by atoms with E-state index in [0.717, 1.165) is 23.5 Å². The molecule has 1 aromatic carbocycles. The van der Waals surface area contributed by atoms with Gasteiger partial charge >= 0.3 is 0 Å². The van der Waals surface area contributed by atoms with Crippen molar-refractivity contribution in [2.24, 2.45) is 22.6 Å². The zero-order valence-corrected chi connectivity index (χ0v) is 20.1. The number of carbonyl (C=O) groups is 2. The Morgan fingerprint density at radius 1 is 1.09 bits per heavy atom. The van der Waals surface area contributed by atoms with Crippen molar-refractivity contribution in [1.82, 2.24) is 0 Å². The molecule has 10 heteroatoms. The standard InChI is InChI=1S/C24H28F2N4O3S/c1-12(23(2,3)22(29)32)7-6-8-18(27)30-21-14(20(28)31)11-17(34-21)19-15(25)9-13(10-16(19)26)24(4,5)33/h6-11,30,33H,1,27H2,2-5H3,(H2,28,31)(H2,29,32)/b7-6-,18-8+. The summed E-state index contributed by atoms with van der Waals surface area (Å²) in [6.07, 6.45) is 4.54. The van der Waals surface area contributed by atoms with Crippen LogP contribution in [0.4, 0.5) is 13.8 Å². The fourth-order valence-corrected chi connectivity index (χ4v) is 3.89. The second-order valence-corrected chi connectivity index (χ2v) is 9.76. The maximum atomic E-state index is 14.8. The lowest BCUT2D eigenvalue weighted by Gasteiger charge is -2.20. The normalized spacial score (nSPS) is 12.7. The van der Waals surface area contributed by atoms with Gasteiger partial charge in [-0.05, 0) is 63.1 Å². The summed E-state index contributed by atoms with van der Waals surface area (Å²) in [6.45, 7) is 9.90. The topological polar surface area (TPSA) is 144 Å². The predicted octanol–water partition coefficient (Wildman–Crippen LogP) is 3.86. The molecule has 182 valence electrons. The van der Waals surface area contributed by atoms with Crippen molar-refractivity contribution in [3.8, 4) is 10.4 Å². The van der Waals surface area contributed by atoms with Crippen LogP contribution in [0.5, 0.6) is 0 Å². The first-order valence-corrected chi connectivity index (χ1v) is 10.9. The number of rotatable bonds is 9. The molecule has 8 N–H and O–H groups in total. The van der Waals surface area contributed by atoms with E-state index in [1.807, 2.05) is 0 Å². The Bertz CT molecular complexity index is 1180. The smallest absolute Gasteiger partial charge is 0.251 e. The average molecular weight is 491 g/mol. The molecule has 0 aliphatic heterocycles. The van der Waals surface area contributed by atoms with E-state index < -0.39 is 34.5 Å². The Labute approximate surface area is 200 Å². The second-order valence-electron chi connectivity index (χ2n) is 8.71. The number of hydrogen-bond donors (Lipinski definition) is 5. The van der Waals surface area contributed by atoms with E-state index in [0.29, 0.717) is 5.57 Å². The van der Waals surface area contributed by atoms with Gasteiger partial charge in [0.2, 0.25) is 5.91 Å². The third-order valence-electron chi connectivity index (χ3n) is 5.24. The molecule has 0 saturated heterocycles. The Balaban J connectivity index is 2.38. The molecule has 0 radical (unpaired) electrons. The lowest BCUT2D eigenvalue weighted by molar-refractivity contribution is -0.124. The van der Waals surface area contributed by atoms with Crippen molar-refractivity contribution in [2.75, 3.05) is 5.32 Å². The highest BCUT2D eigenvalue weighted by molar-refractivity contribution is 7.19. The van der Waals surface area contributed by atoms with E-state index >= 15 is 0 Å². The lowest BCUT2D eigenvalue weighted by atomic mass is 9.84. The van der Waals surface area contributed by atoms with Crippen LogP contribution in [0.3, 0.4) is 0 Å².